The lowest BCUT2D eigenvalue weighted by Gasteiger charge is -2.35. The fourth-order valence-electron chi connectivity index (χ4n) is 4.57. The van der Waals surface area contributed by atoms with Crippen LogP contribution in [-0.4, -0.2) is 76.2 Å². The van der Waals surface area contributed by atoms with Crippen LogP contribution >= 0.6 is 0 Å². The predicted octanol–water partition coefficient (Wildman–Crippen LogP) is 2.60. The van der Waals surface area contributed by atoms with E-state index in [9.17, 15) is 4.79 Å². The van der Waals surface area contributed by atoms with Crippen molar-refractivity contribution < 1.29 is 4.79 Å². The second kappa shape index (κ2) is 9.31. The lowest BCUT2D eigenvalue weighted by Crippen LogP contribution is -2.49. The van der Waals surface area contributed by atoms with Crippen LogP contribution in [0.1, 0.15) is 40.9 Å². The Morgan fingerprint density at radius 3 is 2.17 bits per heavy atom. The van der Waals surface area contributed by atoms with Crippen LogP contribution in [0.4, 0.5) is 0 Å². The number of carbonyl (C=O) groups is 1. The molecule has 0 N–H and O–H groups in total. The maximum atomic E-state index is 12.4. The number of aromatic nitrogens is 2. The molecule has 2 aromatic rings. The maximum Gasteiger partial charge on any atom is 0.236 e. The number of benzene rings is 1. The summed E-state index contributed by atoms with van der Waals surface area (Å²) in [6, 6.07) is 8.70. The van der Waals surface area contributed by atoms with Gasteiger partial charge in [0.15, 0.2) is 0 Å². The highest BCUT2D eigenvalue weighted by molar-refractivity contribution is 5.78. The Balaban J connectivity index is 1.31. The van der Waals surface area contributed by atoms with E-state index in [2.05, 4.69) is 59.5 Å². The van der Waals surface area contributed by atoms with Crippen molar-refractivity contribution in [3.05, 3.63) is 52.3 Å². The van der Waals surface area contributed by atoms with Gasteiger partial charge < -0.3 is 4.90 Å². The second-order valence-electron chi connectivity index (χ2n) is 8.93. The van der Waals surface area contributed by atoms with Gasteiger partial charge in [-0.2, -0.15) is 5.10 Å². The minimum atomic E-state index is 0.310. The van der Waals surface area contributed by atoms with E-state index in [0.29, 0.717) is 12.5 Å². The Morgan fingerprint density at radius 2 is 1.50 bits per heavy atom. The summed E-state index contributed by atoms with van der Waals surface area (Å²) in [6.45, 7) is 14.6. The normalized spacial score (nSPS) is 18.3. The van der Waals surface area contributed by atoms with Gasteiger partial charge in [0.25, 0.3) is 0 Å². The average Bonchev–Trinajstić information content (AvgIpc) is 3.36. The molecule has 6 heteroatoms. The van der Waals surface area contributed by atoms with Crippen LogP contribution in [0.15, 0.2) is 24.3 Å². The van der Waals surface area contributed by atoms with Gasteiger partial charge >= 0.3 is 0 Å². The van der Waals surface area contributed by atoms with Crippen molar-refractivity contribution in [3.8, 4) is 0 Å². The number of piperazine rings is 1. The first-order valence-corrected chi connectivity index (χ1v) is 11.3. The van der Waals surface area contributed by atoms with Gasteiger partial charge in [-0.1, -0.05) is 29.8 Å². The minimum Gasteiger partial charge on any atom is -0.342 e. The van der Waals surface area contributed by atoms with Crippen molar-refractivity contribution in [1.29, 1.82) is 0 Å². The molecular formula is C24H35N5O. The first-order valence-electron chi connectivity index (χ1n) is 11.3. The minimum absolute atomic E-state index is 0.310. The summed E-state index contributed by atoms with van der Waals surface area (Å²) in [7, 11) is 0. The third-order valence-corrected chi connectivity index (χ3v) is 6.65. The molecule has 0 unspecified atom stereocenters. The third kappa shape index (κ3) is 4.93. The third-order valence-electron chi connectivity index (χ3n) is 6.65. The van der Waals surface area contributed by atoms with Crippen LogP contribution in [0.3, 0.4) is 0 Å². The molecule has 0 radical (unpaired) electrons. The van der Waals surface area contributed by atoms with Crippen molar-refractivity contribution in [2.45, 2.75) is 46.7 Å². The monoisotopic (exact) mass is 409 g/mol. The molecule has 0 atom stereocenters. The van der Waals surface area contributed by atoms with Gasteiger partial charge in [0, 0.05) is 57.1 Å². The number of nitrogens with zero attached hydrogens (tertiary/aromatic N) is 5. The van der Waals surface area contributed by atoms with Gasteiger partial charge in [-0.15, -0.1) is 0 Å². The molecule has 2 saturated heterocycles. The van der Waals surface area contributed by atoms with Gasteiger partial charge in [0.05, 0.1) is 18.8 Å². The molecule has 2 fully saturated rings. The van der Waals surface area contributed by atoms with Gasteiger partial charge in [0.2, 0.25) is 5.91 Å². The quantitative estimate of drug-likeness (QED) is 0.736. The van der Waals surface area contributed by atoms with Gasteiger partial charge in [-0.3, -0.25) is 19.3 Å². The van der Waals surface area contributed by atoms with E-state index in [-0.39, 0.29) is 0 Å². The van der Waals surface area contributed by atoms with Crippen molar-refractivity contribution in [1.82, 2.24) is 24.5 Å². The van der Waals surface area contributed by atoms with Crippen LogP contribution < -0.4 is 0 Å². The smallest absolute Gasteiger partial charge is 0.236 e. The second-order valence-corrected chi connectivity index (χ2v) is 8.93. The van der Waals surface area contributed by atoms with E-state index in [0.717, 1.165) is 70.9 Å². The zero-order chi connectivity index (χ0) is 21.1. The Kier molecular flexibility index (Phi) is 6.54. The van der Waals surface area contributed by atoms with Crippen LogP contribution in [0.25, 0.3) is 0 Å². The lowest BCUT2D eigenvalue weighted by molar-refractivity contribution is -0.131. The van der Waals surface area contributed by atoms with Crippen LogP contribution in [0.2, 0.25) is 0 Å². The zero-order valence-corrected chi connectivity index (χ0v) is 18.7. The molecule has 0 aliphatic carbocycles. The fourth-order valence-corrected chi connectivity index (χ4v) is 4.57. The molecule has 0 bridgehead atoms. The van der Waals surface area contributed by atoms with E-state index in [1.54, 1.807) is 0 Å². The first kappa shape index (κ1) is 21.1. The Bertz CT molecular complexity index is 858. The number of hydrogen-bond acceptors (Lipinski definition) is 4. The van der Waals surface area contributed by atoms with E-state index in [1.807, 2.05) is 4.90 Å². The number of carbonyl (C=O) groups excluding carboxylic acids is 1. The van der Waals surface area contributed by atoms with E-state index < -0.39 is 0 Å². The standard InChI is InChI=1S/C24H35N5O/c1-19-6-8-22(9-7-19)16-29-21(3)23(20(2)25-29)17-26-12-14-27(15-13-26)18-24(30)28-10-4-5-11-28/h6-9H,4-5,10-18H2,1-3H3. The molecule has 30 heavy (non-hydrogen) atoms. The van der Waals surface area contributed by atoms with Crippen LogP contribution in [0, 0.1) is 20.8 Å². The summed E-state index contributed by atoms with van der Waals surface area (Å²) in [4.78, 5) is 19.3. The first-order chi connectivity index (χ1) is 14.5. The summed E-state index contributed by atoms with van der Waals surface area (Å²) in [6.07, 6.45) is 2.33. The number of amides is 1. The molecule has 1 aromatic carbocycles. The maximum absolute atomic E-state index is 12.4. The summed E-state index contributed by atoms with van der Waals surface area (Å²) >= 11 is 0. The van der Waals surface area contributed by atoms with Crippen LogP contribution in [0.5, 0.6) is 0 Å². The molecular weight excluding hydrogens is 374 g/mol. The van der Waals surface area contributed by atoms with Crippen molar-refractivity contribution in [2.24, 2.45) is 0 Å². The summed E-state index contributed by atoms with van der Waals surface area (Å²) in [5.41, 5.74) is 6.32. The van der Waals surface area contributed by atoms with E-state index in [4.69, 9.17) is 5.10 Å². The Labute approximate surface area is 180 Å². The van der Waals surface area contributed by atoms with Gasteiger partial charge in [-0.25, -0.2) is 0 Å². The number of rotatable bonds is 6. The zero-order valence-electron chi connectivity index (χ0n) is 18.7. The topological polar surface area (TPSA) is 44.6 Å². The van der Waals surface area contributed by atoms with Crippen molar-refractivity contribution in [3.63, 3.8) is 0 Å². The van der Waals surface area contributed by atoms with Gasteiger partial charge in [0.1, 0.15) is 0 Å². The number of aryl methyl sites for hydroxylation is 2. The van der Waals surface area contributed by atoms with E-state index >= 15 is 0 Å². The highest BCUT2D eigenvalue weighted by Crippen LogP contribution is 2.18. The molecule has 1 amide bonds. The Hall–Kier alpha value is -2.18. The van der Waals surface area contributed by atoms with Crippen LogP contribution in [-0.2, 0) is 17.9 Å². The largest absolute Gasteiger partial charge is 0.342 e. The van der Waals surface area contributed by atoms with Crippen molar-refractivity contribution in [2.75, 3.05) is 45.8 Å². The summed E-state index contributed by atoms with van der Waals surface area (Å²) in [5.74, 6) is 0.310. The molecule has 2 aliphatic heterocycles. The average molecular weight is 410 g/mol. The molecule has 4 rings (SSSR count). The van der Waals surface area contributed by atoms with Crippen molar-refractivity contribution >= 4 is 5.91 Å². The van der Waals surface area contributed by atoms with Gasteiger partial charge in [-0.05, 0) is 39.2 Å². The lowest BCUT2D eigenvalue weighted by atomic mass is 10.1. The molecule has 2 aliphatic rings. The predicted molar refractivity (Wildman–Crippen MR) is 120 cm³/mol. The molecule has 162 valence electrons. The van der Waals surface area contributed by atoms with E-state index in [1.165, 1.54) is 22.4 Å². The molecule has 0 spiro atoms. The summed E-state index contributed by atoms with van der Waals surface area (Å²) in [5, 5.41) is 4.82. The number of likely N-dealkylation sites (tertiary alicyclic amines) is 1. The molecule has 1 aromatic heterocycles. The fraction of sp³-hybridized carbons (Fsp3) is 0.583. The molecule has 6 nitrogen and oxygen atoms in total. The highest BCUT2D eigenvalue weighted by Gasteiger charge is 2.24. The highest BCUT2D eigenvalue weighted by atomic mass is 16.2. The SMILES string of the molecule is Cc1ccc(Cn2nc(C)c(CN3CCN(CC(=O)N4CCCC4)CC3)c2C)cc1. The Morgan fingerprint density at radius 1 is 0.867 bits per heavy atom. The molecule has 3 heterocycles. The summed E-state index contributed by atoms with van der Waals surface area (Å²) < 4.78 is 2.14. The number of hydrogen-bond donors (Lipinski definition) is 0. The molecule has 0 saturated carbocycles.